The molecule has 0 aliphatic carbocycles. The van der Waals surface area contributed by atoms with Gasteiger partial charge in [-0.1, -0.05) is 26.0 Å². The topological polar surface area (TPSA) is 87.9 Å². The Bertz CT molecular complexity index is 590. The molecule has 132 valence electrons. The Hall–Kier alpha value is -2.34. The van der Waals surface area contributed by atoms with Gasteiger partial charge in [0.15, 0.2) is 0 Å². The minimum atomic E-state index is -0.535. The molecule has 0 spiro atoms. The number of methoxy groups -OCH3 is 2. The minimum Gasteiger partial charge on any atom is -0.492 e. The summed E-state index contributed by atoms with van der Waals surface area (Å²) in [5, 5.41) is 0. The summed E-state index contributed by atoms with van der Waals surface area (Å²) in [7, 11) is 2.59. The van der Waals surface area contributed by atoms with Crippen molar-refractivity contribution in [2.45, 2.75) is 20.3 Å². The third-order valence-electron chi connectivity index (χ3n) is 3.43. The molecule has 0 unspecified atom stereocenters. The summed E-state index contributed by atoms with van der Waals surface area (Å²) in [5.74, 6) is -0.524. The van der Waals surface area contributed by atoms with E-state index < -0.39 is 11.9 Å². The van der Waals surface area contributed by atoms with Crippen molar-refractivity contribution >= 4 is 11.9 Å². The van der Waals surface area contributed by atoms with Crippen molar-refractivity contribution in [2.75, 3.05) is 27.4 Å². The second kappa shape index (κ2) is 9.72. The molecule has 0 saturated heterocycles. The second-order valence-corrected chi connectivity index (χ2v) is 5.49. The van der Waals surface area contributed by atoms with Gasteiger partial charge in [0, 0.05) is 13.0 Å². The maximum atomic E-state index is 12.2. The molecule has 6 nitrogen and oxygen atoms in total. The van der Waals surface area contributed by atoms with Crippen molar-refractivity contribution in [3.8, 4) is 5.75 Å². The van der Waals surface area contributed by atoms with Crippen LogP contribution in [0.2, 0.25) is 0 Å². The van der Waals surface area contributed by atoms with Crippen LogP contribution in [0.4, 0.5) is 0 Å². The van der Waals surface area contributed by atoms with Gasteiger partial charge in [0.05, 0.1) is 25.4 Å². The largest absolute Gasteiger partial charge is 0.492 e. The van der Waals surface area contributed by atoms with Gasteiger partial charge in [-0.25, -0.2) is 9.59 Å². The van der Waals surface area contributed by atoms with Gasteiger partial charge >= 0.3 is 11.9 Å². The van der Waals surface area contributed by atoms with Crippen LogP contribution in [0.5, 0.6) is 5.75 Å². The van der Waals surface area contributed by atoms with Crippen molar-refractivity contribution in [2.24, 2.45) is 11.7 Å². The molecule has 0 saturated carbocycles. The smallest absolute Gasteiger partial charge is 0.334 e. The van der Waals surface area contributed by atoms with Crippen molar-refractivity contribution < 1.29 is 23.8 Å². The number of esters is 2. The highest BCUT2D eigenvalue weighted by atomic mass is 16.5. The van der Waals surface area contributed by atoms with Crippen LogP contribution in [-0.4, -0.2) is 39.3 Å². The molecule has 0 heterocycles. The maximum absolute atomic E-state index is 12.2. The Labute approximate surface area is 142 Å². The SMILES string of the molecule is COC(=O)C(Cc1ccc(OCCN)cc1)=C(C(=O)OC)C(C)C. The zero-order chi connectivity index (χ0) is 18.1. The van der Waals surface area contributed by atoms with E-state index in [4.69, 9.17) is 19.9 Å². The lowest BCUT2D eigenvalue weighted by Crippen LogP contribution is -2.20. The van der Waals surface area contributed by atoms with Crippen LogP contribution >= 0.6 is 0 Å². The van der Waals surface area contributed by atoms with Crippen molar-refractivity contribution in [3.05, 3.63) is 41.0 Å². The monoisotopic (exact) mass is 335 g/mol. The number of nitrogens with two attached hydrogens (primary N) is 1. The first-order valence-corrected chi connectivity index (χ1v) is 7.76. The molecule has 2 N–H and O–H groups in total. The fourth-order valence-corrected chi connectivity index (χ4v) is 2.30. The molecule has 0 amide bonds. The van der Waals surface area contributed by atoms with E-state index in [9.17, 15) is 9.59 Å². The number of benzene rings is 1. The molecule has 0 bridgehead atoms. The fraction of sp³-hybridized carbons (Fsp3) is 0.444. The lowest BCUT2D eigenvalue weighted by molar-refractivity contribution is -0.139. The van der Waals surface area contributed by atoms with Gasteiger partial charge in [-0.2, -0.15) is 0 Å². The summed E-state index contributed by atoms with van der Waals surface area (Å²) in [6.45, 7) is 4.54. The third-order valence-corrected chi connectivity index (χ3v) is 3.43. The zero-order valence-corrected chi connectivity index (χ0v) is 14.6. The number of rotatable bonds is 8. The maximum Gasteiger partial charge on any atom is 0.334 e. The lowest BCUT2D eigenvalue weighted by Gasteiger charge is -2.15. The quantitative estimate of drug-likeness (QED) is 0.576. The number of ether oxygens (including phenoxy) is 3. The molecular weight excluding hydrogens is 310 g/mol. The van der Waals surface area contributed by atoms with E-state index in [1.54, 1.807) is 12.1 Å². The summed E-state index contributed by atoms with van der Waals surface area (Å²) in [5.41, 5.74) is 6.88. The highest BCUT2D eigenvalue weighted by Crippen LogP contribution is 2.23. The van der Waals surface area contributed by atoms with E-state index in [0.29, 0.717) is 30.0 Å². The van der Waals surface area contributed by atoms with Crippen LogP contribution in [0.15, 0.2) is 35.4 Å². The standard InChI is InChI=1S/C18H25NO5/c1-12(2)16(18(21)23-4)15(17(20)22-3)11-13-5-7-14(8-6-13)24-10-9-19/h5-8,12H,9-11,19H2,1-4H3. The highest BCUT2D eigenvalue weighted by molar-refractivity contribution is 6.00. The Kier molecular flexibility index (Phi) is 7.98. The lowest BCUT2D eigenvalue weighted by atomic mass is 9.93. The zero-order valence-electron chi connectivity index (χ0n) is 14.6. The summed E-state index contributed by atoms with van der Waals surface area (Å²) in [6, 6.07) is 7.27. The second-order valence-electron chi connectivity index (χ2n) is 5.49. The molecule has 0 aliphatic rings. The van der Waals surface area contributed by atoms with Crippen LogP contribution in [0.3, 0.4) is 0 Å². The molecule has 1 aromatic carbocycles. The van der Waals surface area contributed by atoms with Crippen LogP contribution < -0.4 is 10.5 Å². The van der Waals surface area contributed by atoms with Crippen LogP contribution in [0.1, 0.15) is 19.4 Å². The van der Waals surface area contributed by atoms with E-state index in [1.165, 1.54) is 14.2 Å². The molecule has 0 aromatic heterocycles. The summed E-state index contributed by atoms with van der Waals surface area (Å²) in [6.07, 6.45) is 0.270. The van der Waals surface area contributed by atoms with Gasteiger partial charge in [0.2, 0.25) is 0 Å². The Balaban J connectivity index is 3.14. The van der Waals surface area contributed by atoms with Gasteiger partial charge < -0.3 is 19.9 Å². The average molecular weight is 335 g/mol. The first-order chi connectivity index (χ1) is 11.4. The summed E-state index contributed by atoms with van der Waals surface area (Å²) >= 11 is 0. The summed E-state index contributed by atoms with van der Waals surface area (Å²) in [4.78, 5) is 24.2. The first-order valence-electron chi connectivity index (χ1n) is 7.76. The number of hydrogen-bond acceptors (Lipinski definition) is 6. The molecule has 6 heteroatoms. The van der Waals surface area contributed by atoms with Gasteiger partial charge in [-0.05, 0) is 23.6 Å². The average Bonchev–Trinajstić information content (AvgIpc) is 2.59. The van der Waals surface area contributed by atoms with E-state index >= 15 is 0 Å². The molecule has 24 heavy (non-hydrogen) atoms. The number of carbonyl (C=O) groups is 2. The van der Waals surface area contributed by atoms with Crippen LogP contribution in [0.25, 0.3) is 0 Å². The predicted molar refractivity (Wildman–Crippen MR) is 90.6 cm³/mol. The van der Waals surface area contributed by atoms with Crippen molar-refractivity contribution in [1.82, 2.24) is 0 Å². The third kappa shape index (κ3) is 5.38. The molecule has 0 atom stereocenters. The van der Waals surface area contributed by atoms with Gasteiger partial charge in [0.1, 0.15) is 12.4 Å². The van der Waals surface area contributed by atoms with Gasteiger partial charge in [-0.15, -0.1) is 0 Å². The van der Waals surface area contributed by atoms with Gasteiger partial charge in [-0.3, -0.25) is 0 Å². The van der Waals surface area contributed by atoms with E-state index in [0.717, 1.165) is 5.56 Å². The summed E-state index contributed by atoms with van der Waals surface area (Å²) < 4.78 is 15.1. The molecule has 1 rings (SSSR count). The number of hydrogen-bond donors (Lipinski definition) is 1. The van der Waals surface area contributed by atoms with Crippen molar-refractivity contribution in [1.29, 1.82) is 0 Å². The molecular formula is C18H25NO5. The van der Waals surface area contributed by atoms with Crippen LogP contribution in [0, 0.1) is 5.92 Å². The molecule has 1 aromatic rings. The highest BCUT2D eigenvalue weighted by Gasteiger charge is 2.25. The predicted octanol–water partition coefficient (Wildman–Crippen LogP) is 1.87. The number of carbonyl (C=O) groups excluding carboxylic acids is 2. The normalized spacial score (nSPS) is 11.8. The van der Waals surface area contributed by atoms with Gasteiger partial charge in [0.25, 0.3) is 0 Å². The van der Waals surface area contributed by atoms with E-state index in [2.05, 4.69) is 0 Å². The molecule has 0 aliphatic heterocycles. The fourth-order valence-electron chi connectivity index (χ4n) is 2.30. The molecule has 0 fully saturated rings. The Morgan fingerprint density at radius 2 is 1.62 bits per heavy atom. The van der Waals surface area contributed by atoms with E-state index in [1.807, 2.05) is 26.0 Å². The van der Waals surface area contributed by atoms with Crippen LogP contribution in [-0.2, 0) is 25.5 Å². The Morgan fingerprint density at radius 3 is 2.08 bits per heavy atom. The first kappa shape index (κ1) is 19.7. The van der Waals surface area contributed by atoms with E-state index in [-0.39, 0.29) is 12.3 Å². The van der Waals surface area contributed by atoms with Crippen molar-refractivity contribution in [3.63, 3.8) is 0 Å². The Morgan fingerprint density at radius 1 is 1.04 bits per heavy atom. The minimum absolute atomic E-state index is 0.168. The molecule has 0 radical (unpaired) electrons.